The van der Waals surface area contributed by atoms with Crippen molar-refractivity contribution in [3.05, 3.63) is 34.3 Å². The van der Waals surface area contributed by atoms with Crippen molar-refractivity contribution in [2.24, 2.45) is 0 Å². The van der Waals surface area contributed by atoms with Gasteiger partial charge in [0.25, 0.3) is 0 Å². The van der Waals surface area contributed by atoms with Crippen LogP contribution in [0.3, 0.4) is 0 Å². The fraction of sp³-hybridized carbons (Fsp3) is 0.333. The van der Waals surface area contributed by atoms with Gasteiger partial charge in [-0.1, -0.05) is 0 Å². The average molecular weight is 459 g/mol. The van der Waals surface area contributed by atoms with Crippen molar-refractivity contribution in [3.63, 3.8) is 0 Å². The zero-order valence-electron chi connectivity index (χ0n) is 17.0. The van der Waals surface area contributed by atoms with Crippen molar-refractivity contribution < 1.29 is 34.4 Å². The minimum atomic E-state index is -0.898. The second kappa shape index (κ2) is 9.27. The number of benzene rings is 1. The van der Waals surface area contributed by atoms with Gasteiger partial charge in [0.15, 0.2) is 5.78 Å². The number of Topliss-reactive ketones (excluding diaryl/α,β-unsaturated/α-hetero) is 1. The number of amides is 2. The molecule has 0 unspecified atom stereocenters. The second-order valence-electron chi connectivity index (χ2n) is 7.20. The summed E-state index contributed by atoms with van der Waals surface area (Å²) in [4.78, 5) is 43.5. The van der Waals surface area contributed by atoms with E-state index in [1.807, 2.05) is 0 Å². The number of hydrogen-bond donors (Lipinski definition) is 4. The van der Waals surface area contributed by atoms with Gasteiger partial charge in [0.05, 0.1) is 42.5 Å². The molecule has 0 atom stereocenters. The molecule has 32 heavy (non-hydrogen) atoms. The first-order chi connectivity index (χ1) is 15.5. The number of nitrogens with zero attached hydrogens (tertiary/aromatic N) is 2. The molecule has 0 spiro atoms. The van der Waals surface area contributed by atoms with E-state index in [1.54, 1.807) is 12.1 Å². The first kappa shape index (κ1) is 22.2. The van der Waals surface area contributed by atoms with Crippen molar-refractivity contribution in [1.82, 2.24) is 9.88 Å². The molecule has 2 amide bonds. The lowest BCUT2D eigenvalue weighted by atomic mass is 10.0. The number of anilines is 1. The van der Waals surface area contributed by atoms with Gasteiger partial charge in [-0.15, -0.1) is 11.3 Å². The Morgan fingerprint density at radius 1 is 1.06 bits per heavy atom. The molecule has 2 aromatic heterocycles. The summed E-state index contributed by atoms with van der Waals surface area (Å²) < 4.78 is 5.79. The minimum absolute atomic E-state index is 0.0942. The zero-order chi connectivity index (χ0) is 22.8. The van der Waals surface area contributed by atoms with Crippen LogP contribution in [0.4, 0.5) is 5.69 Å². The largest absolute Gasteiger partial charge is 0.392 e. The molecule has 168 valence electrons. The topological polar surface area (TPSA) is 149 Å². The standard InChI is InChI=1S/C21H21N3O7S/c25-8-11-5-13-15(6-12(11)9-26)22-7-14-17(19(16(28)10-27)32-18(13)14)23-20(29)21(30)24-1-3-31-4-2-24/h5-7,25-27H,1-4,8-10H2,(H,23,29). The molecule has 1 aliphatic rings. The highest BCUT2D eigenvalue weighted by molar-refractivity contribution is 7.22. The molecule has 11 heteroatoms. The number of pyridine rings is 1. The number of hydrogen-bond acceptors (Lipinski definition) is 9. The molecule has 0 radical (unpaired) electrons. The number of ether oxygens (including phenoxy) is 1. The number of aromatic nitrogens is 1. The molecule has 10 nitrogen and oxygen atoms in total. The van der Waals surface area contributed by atoms with Crippen molar-refractivity contribution in [2.45, 2.75) is 13.2 Å². The van der Waals surface area contributed by atoms with Gasteiger partial charge in [0.1, 0.15) is 6.61 Å². The van der Waals surface area contributed by atoms with Gasteiger partial charge in [0, 0.05) is 34.8 Å². The molecule has 3 heterocycles. The number of carbonyl (C=O) groups excluding carboxylic acids is 3. The highest BCUT2D eigenvalue weighted by Crippen LogP contribution is 2.40. The second-order valence-corrected chi connectivity index (χ2v) is 8.22. The lowest BCUT2D eigenvalue weighted by molar-refractivity contribution is -0.145. The van der Waals surface area contributed by atoms with Crippen LogP contribution in [0.15, 0.2) is 18.3 Å². The maximum atomic E-state index is 12.7. The van der Waals surface area contributed by atoms with E-state index >= 15 is 0 Å². The lowest BCUT2D eigenvalue weighted by Gasteiger charge is -2.26. The first-order valence-electron chi connectivity index (χ1n) is 9.89. The number of thiophene rings is 1. The average Bonchev–Trinajstić information content (AvgIpc) is 3.21. The number of aliphatic hydroxyl groups excluding tert-OH is 3. The number of carbonyl (C=O) groups is 3. The first-order valence-corrected chi connectivity index (χ1v) is 10.7. The van der Waals surface area contributed by atoms with Gasteiger partial charge in [-0.25, -0.2) is 0 Å². The molecular weight excluding hydrogens is 438 g/mol. The van der Waals surface area contributed by atoms with Crippen molar-refractivity contribution in [1.29, 1.82) is 0 Å². The van der Waals surface area contributed by atoms with Crippen molar-refractivity contribution in [2.75, 3.05) is 38.2 Å². The summed E-state index contributed by atoms with van der Waals surface area (Å²) in [5.74, 6) is -2.24. The maximum Gasteiger partial charge on any atom is 0.313 e. The van der Waals surface area contributed by atoms with Crippen LogP contribution in [-0.2, 0) is 27.5 Å². The third-order valence-corrected chi connectivity index (χ3v) is 6.59. The van der Waals surface area contributed by atoms with Crippen LogP contribution in [0.5, 0.6) is 0 Å². The fourth-order valence-electron chi connectivity index (χ4n) is 3.63. The minimum Gasteiger partial charge on any atom is -0.392 e. The highest BCUT2D eigenvalue weighted by atomic mass is 32.1. The lowest BCUT2D eigenvalue weighted by Crippen LogP contribution is -2.45. The van der Waals surface area contributed by atoms with Gasteiger partial charge < -0.3 is 30.3 Å². The number of nitrogens with one attached hydrogen (secondary N) is 1. The Balaban J connectivity index is 1.81. The third kappa shape index (κ3) is 3.96. The molecule has 0 aliphatic carbocycles. The molecule has 1 fully saturated rings. The van der Waals surface area contributed by atoms with Gasteiger partial charge in [-0.3, -0.25) is 19.4 Å². The normalized spacial score (nSPS) is 14.2. The van der Waals surface area contributed by atoms with Crippen molar-refractivity contribution >= 4 is 55.6 Å². The van der Waals surface area contributed by atoms with E-state index in [-0.39, 0.29) is 23.8 Å². The molecule has 1 aliphatic heterocycles. The summed E-state index contributed by atoms with van der Waals surface area (Å²) in [6.45, 7) is -0.0657. The summed E-state index contributed by atoms with van der Waals surface area (Å²) >= 11 is 1.05. The summed E-state index contributed by atoms with van der Waals surface area (Å²) in [5.41, 5.74) is 1.68. The zero-order valence-corrected chi connectivity index (χ0v) is 17.8. The maximum absolute atomic E-state index is 12.7. The van der Waals surface area contributed by atoms with Crippen LogP contribution in [0.1, 0.15) is 20.8 Å². The van der Waals surface area contributed by atoms with Crippen molar-refractivity contribution in [3.8, 4) is 0 Å². The van der Waals surface area contributed by atoms with E-state index in [0.717, 1.165) is 11.3 Å². The van der Waals surface area contributed by atoms with Gasteiger partial charge in [-0.05, 0) is 23.3 Å². The molecule has 1 saturated heterocycles. The van der Waals surface area contributed by atoms with Crippen LogP contribution in [-0.4, -0.2) is 75.7 Å². The summed E-state index contributed by atoms with van der Waals surface area (Å²) in [6.07, 6.45) is 1.47. The van der Waals surface area contributed by atoms with E-state index in [2.05, 4.69) is 10.3 Å². The Kier molecular flexibility index (Phi) is 6.44. The van der Waals surface area contributed by atoms with Crippen LogP contribution < -0.4 is 5.32 Å². The van der Waals surface area contributed by atoms with Gasteiger partial charge in [0.2, 0.25) is 0 Å². The monoisotopic (exact) mass is 459 g/mol. The number of fused-ring (bicyclic) bond motifs is 3. The summed E-state index contributed by atoms with van der Waals surface area (Å²) in [7, 11) is 0. The predicted molar refractivity (Wildman–Crippen MR) is 116 cm³/mol. The number of morpholine rings is 1. The molecule has 0 saturated carbocycles. The third-order valence-electron chi connectivity index (χ3n) is 5.31. The molecule has 4 rings (SSSR count). The molecule has 1 aromatic carbocycles. The Labute approximate surface area is 186 Å². The Bertz CT molecular complexity index is 1220. The van der Waals surface area contributed by atoms with E-state index in [0.29, 0.717) is 58.4 Å². The van der Waals surface area contributed by atoms with Gasteiger partial charge >= 0.3 is 11.8 Å². The van der Waals surface area contributed by atoms with Crippen LogP contribution in [0, 0.1) is 0 Å². The molecule has 3 aromatic rings. The number of rotatable bonds is 5. The summed E-state index contributed by atoms with van der Waals surface area (Å²) in [6, 6.07) is 3.32. The van der Waals surface area contributed by atoms with Gasteiger partial charge in [-0.2, -0.15) is 0 Å². The van der Waals surface area contributed by atoms with E-state index in [4.69, 9.17) is 4.74 Å². The van der Waals surface area contributed by atoms with E-state index in [9.17, 15) is 29.7 Å². The Morgan fingerprint density at radius 3 is 2.41 bits per heavy atom. The number of aliphatic hydroxyl groups is 3. The number of ketones is 1. The molecule has 4 N–H and O–H groups in total. The Morgan fingerprint density at radius 2 is 1.75 bits per heavy atom. The van der Waals surface area contributed by atoms with Crippen LogP contribution in [0.2, 0.25) is 0 Å². The summed E-state index contributed by atoms with van der Waals surface area (Å²) in [5, 5.41) is 32.2. The fourth-order valence-corrected chi connectivity index (χ4v) is 4.81. The smallest absolute Gasteiger partial charge is 0.313 e. The Hall–Kier alpha value is -2.96. The highest BCUT2D eigenvalue weighted by Gasteiger charge is 2.27. The van der Waals surface area contributed by atoms with Crippen LogP contribution in [0.25, 0.3) is 21.0 Å². The van der Waals surface area contributed by atoms with E-state index < -0.39 is 24.2 Å². The predicted octanol–water partition coefficient (Wildman–Crippen LogP) is 0.406. The quantitative estimate of drug-likeness (QED) is 0.317. The van der Waals surface area contributed by atoms with E-state index in [1.165, 1.54) is 11.1 Å². The SMILES string of the molecule is O=C(Nc1c(C(=O)CO)sc2c1cnc1cc(CO)c(CO)cc12)C(=O)N1CCOCC1. The van der Waals surface area contributed by atoms with Crippen LogP contribution >= 0.6 is 11.3 Å². The molecular formula is C21H21N3O7S. The molecule has 0 bridgehead atoms.